The molecule has 1 heterocycles. The number of aromatic nitrogens is 2. The molecule has 1 amide bonds. The Labute approximate surface area is 168 Å². The normalized spacial score (nSPS) is 17.3. The van der Waals surface area contributed by atoms with E-state index in [2.05, 4.69) is 22.1 Å². The quantitative estimate of drug-likeness (QED) is 0.426. The highest BCUT2D eigenvalue weighted by Crippen LogP contribution is 2.35. The third-order valence-electron chi connectivity index (χ3n) is 4.18. The number of allylic oxidation sites excluding steroid dienone is 6. The van der Waals surface area contributed by atoms with Crippen molar-refractivity contribution >= 4 is 18.2 Å². The van der Waals surface area contributed by atoms with Gasteiger partial charge in [0.05, 0.1) is 5.69 Å². The lowest BCUT2D eigenvalue weighted by molar-refractivity contribution is -0.121. The van der Waals surface area contributed by atoms with Crippen molar-refractivity contribution in [3.8, 4) is 0 Å². The molecule has 0 saturated carbocycles. The van der Waals surface area contributed by atoms with E-state index in [0.717, 1.165) is 10.8 Å². The lowest BCUT2D eigenvalue weighted by atomic mass is 9.94. The smallest absolute Gasteiger partial charge is 0.328 e. The molecule has 1 N–H and O–H groups in total. The summed E-state index contributed by atoms with van der Waals surface area (Å²) in [6, 6.07) is 2.56. The highest BCUT2D eigenvalue weighted by Gasteiger charge is 2.33. The topological polar surface area (TPSA) is 76.3 Å². The molecule has 6 nitrogen and oxygen atoms in total. The van der Waals surface area contributed by atoms with Gasteiger partial charge in [0.1, 0.15) is 12.2 Å². The van der Waals surface area contributed by atoms with Gasteiger partial charge in [-0.15, -0.1) is 0 Å². The van der Waals surface area contributed by atoms with Crippen LogP contribution in [0.3, 0.4) is 0 Å². The third-order valence-corrected chi connectivity index (χ3v) is 4.18. The van der Waals surface area contributed by atoms with Crippen LogP contribution in [-0.4, -0.2) is 34.5 Å². The molecule has 0 fully saturated rings. The number of aliphatic imine (C=N–C) groups is 1. The van der Waals surface area contributed by atoms with Gasteiger partial charge in [-0.2, -0.15) is 18.3 Å². The molecule has 0 atom stereocenters. The van der Waals surface area contributed by atoms with E-state index >= 15 is 0 Å². The highest BCUT2D eigenvalue weighted by molar-refractivity contribution is 5.77. The Balaban J connectivity index is 2.11. The Morgan fingerprint density at radius 3 is 2.63 bits per heavy atom. The van der Waals surface area contributed by atoms with Gasteiger partial charge >= 0.3 is 6.18 Å². The Morgan fingerprint density at radius 2 is 2.07 bits per heavy atom. The van der Waals surface area contributed by atoms with Crippen LogP contribution in [-0.2, 0) is 11.3 Å². The van der Waals surface area contributed by atoms with E-state index in [0.29, 0.717) is 17.3 Å². The van der Waals surface area contributed by atoms with Crippen LogP contribution in [0.1, 0.15) is 31.9 Å². The van der Waals surface area contributed by atoms with Crippen molar-refractivity contribution in [2.24, 2.45) is 4.99 Å². The molecule has 0 aliphatic heterocycles. The zero-order valence-corrected chi connectivity index (χ0v) is 16.0. The van der Waals surface area contributed by atoms with Crippen LogP contribution < -0.4 is 10.9 Å². The molecular formula is C19H19F5N4O2. The first-order chi connectivity index (χ1) is 13.9. The summed E-state index contributed by atoms with van der Waals surface area (Å²) in [7, 11) is 0. The van der Waals surface area contributed by atoms with Crippen LogP contribution in [0.2, 0.25) is 0 Å². The van der Waals surface area contributed by atoms with Crippen LogP contribution in [0.15, 0.2) is 51.5 Å². The molecule has 1 aliphatic carbocycles. The minimum absolute atomic E-state index is 0.0758. The van der Waals surface area contributed by atoms with E-state index < -0.39 is 42.2 Å². The van der Waals surface area contributed by atoms with Crippen LogP contribution >= 0.6 is 0 Å². The van der Waals surface area contributed by atoms with E-state index in [1.54, 1.807) is 0 Å². The van der Waals surface area contributed by atoms with Gasteiger partial charge in [0.2, 0.25) is 5.91 Å². The monoisotopic (exact) mass is 430 g/mol. The molecule has 0 unspecified atom stereocenters. The number of halogens is 5. The second-order valence-electron chi connectivity index (χ2n) is 6.61. The Kier molecular flexibility index (Phi) is 7.06. The van der Waals surface area contributed by atoms with Gasteiger partial charge in [-0.25, -0.2) is 13.5 Å². The Bertz CT molecular complexity index is 974. The van der Waals surface area contributed by atoms with Crippen molar-refractivity contribution in [2.75, 3.05) is 0 Å². The molecule has 1 aromatic rings. The molecule has 1 aromatic heterocycles. The largest absolute Gasteiger partial charge is 0.433 e. The number of rotatable bonds is 6. The molecule has 0 aromatic carbocycles. The van der Waals surface area contributed by atoms with E-state index in [9.17, 15) is 31.5 Å². The van der Waals surface area contributed by atoms with Gasteiger partial charge in [-0.05, 0) is 43.9 Å². The maximum atomic E-state index is 13.3. The molecular weight excluding hydrogens is 411 g/mol. The van der Waals surface area contributed by atoms with Crippen molar-refractivity contribution in [2.45, 2.75) is 44.8 Å². The average Bonchev–Trinajstić information content (AvgIpc) is 2.63. The average molecular weight is 430 g/mol. The first-order valence-electron chi connectivity index (χ1n) is 8.79. The fraction of sp³-hybridized carbons (Fsp3) is 0.368. The SMILES string of the molecule is C=N/C(=C\C=C(/C)NC(=O)Cn1nc(C2=CCC(F)(F)CC2)ccc1=O)C(F)(F)F. The molecule has 0 bridgehead atoms. The van der Waals surface area contributed by atoms with Crippen molar-refractivity contribution in [3.63, 3.8) is 0 Å². The fourth-order valence-electron chi connectivity index (χ4n) is 2.64. The number of alkyl halides is 5. The highest BCUT2D eigenvalue weighted by atomic mass is 19.4. The molecule has 0 radical (unpaired) electrons. The number of nitrogens with zero attached hydrogens (tertiary/aromatic N) is 3. The number of nitrogens with one attached hydrogen (secondary N) is 1. The second kappa shape index (κ2) is 9.14. The van der Waals surface area contributed by atoms with E-state index in [1.165, 1.54) is 25.1 Å². The van der Waals surface area contributed by atoms with E-state index in [-0.39, 0.29) is 18.5 Å². The molecule has 30 heavy (non-hydrogen) atoms. The molecule has 0 spiro atoms. The lowest BCUT2D eigenvalue weighted by Gasteiger charge is -2.21. The van der Waals surface area contributed by atoms with Gasteiger partial charge in [-0.1, -0.05) is 6.08 Å². The summed E-state index contributed by atoms with van der Waals surface area (Å²) < 4.78 is 65.2. The number of carbonyl (C=O) groups is 1. The van der Waals surface area contributed by atoms with E-state index in [4.69, 9.17) is 0 Å². The summed E-state index contributed by atoms with van der Waals surface area (Å²) in [5.74, 6) is -3.48. The third kappa shape index (κ3) is 6.46. The summed E-state index contributed by atoms with van der Waals surface area (Å²) in [4.78, 5) is 26.9. The number of hydrogen-bond acceptors (Lipinski definition) is 4. The Morgan fingerprint density at radius 1 is 1.37 bits per heavy atom. The van der Waals surface area contributed by atoms with Crippen LogP contribution in [0, 0.1) is 0 Å². The van der Waals surface area contributed by atoms with E-state index in [1.807, 2.05) is 0 Å². The molecule has 11 heteroatoms. The molecule has 0 saturated heterocycles. The predicted octanol–water partition coefficient (Wildman–Crippen LogP) is 3.61. The second-order valence-corrected chi connectivity index (χ2v) is 6.61. The first kappa shape index (κ1) is 23.2. The maximum Gasteiger partial charge on any atom is 0.433 e. The molecule has 2 rings (SSSR count). The number of amides is 1. The number of hydrogen-bond donors (Lipinski definition) is 1. The van der Waals surface area contributed by atoms with Crippen LogP contribution in [0.25, 0.3) is 5.57 Å². The van der Waals surface area contributed by atoms with Crippen LogP contribution in [0.4, 0.5) is 22.0 Å². The van der Waals surface area contributed by atoms with Crippen molar-refractivity contribution in [3.05, 3.63) is 57.8 Å². The molecule has 162 valence electrons. The minimum Gasteiger partial charge on any atom is -0.328 e. The van der Waals surface area contributed by atoms with Gasteiger partial charge in [0, 0.05) is 24.6 Å². The lowest BCUT2D eigenvalue weighted by Crippen LogP contribution is -2.33. The first-order valence-corrected chi connectivity index (χ1v) is 8.79. The zero-order chi connectivity index (χ0) is 22.5. The standard InChI is InChI=1S/C19H19F5N4O2/c1-12(3-5-15(25-2)19(22,23)24)26-16(29)11-28-17(30)6-4-14(27-28)13-7-9-18(20,21)10-8-13/h3-7H,2,8-11H2,1H3,(H,26,29)/b12-3+,15-5-. The van der Waals surface area contributed by atoms with Gasteiger partial charge in [-0.3, -0.25) is 14.6 Å². The fourth-order valence-corrected chi connectivity index (χ4v) is 2.64. The maximum absolute atomic E-state index is 13.3. The number of carbonyl (C=O) groups excluding carboxylic acids is 1. The van der Waals surface area contributed by atoms with Crippen molar-refractivity contribution < 1.29 is 26.7 Å². The Hall–Kier alpha value is -3.11. The van der Waals surface area contributed by atoms with Gasteiger partial charge in [0.25, 0.3) is 11.5 Å². The zero-order valence-electron chi connectivity index (χ0n) is 16.0. The van der Waals surface area contributed by atoms with Crippen LogP contribution in [0.5, 0.6) is 0 Å². The van der Waals surface area contributed by atoms with Crippen molar-refractivity contribution in [1.82, 2.24) is 15.1 Å². The summed E-state index contributed by atoms with van der Waals surface area (Å²) in [6.45, 7) is 3.69. The summed E-state index contributed by atoms with van der Waals surface area (Å²) in [6.07, 6.45) is -2.37. The summed E-state index contributed by atoms with van der Waals surface area (Å²) >= 11 is 0. The van der Waals surface area contributed by atoms with Crippen molar-refractivity contribution in [1.29, 1.82) is 0 Å². The predicted molar refractivity (Wildman–Crippen MR) is 101 cm³/mol. The van der Waals surface area contributed by atoms with Gasteiger partial charge in [0.15, 0.2) is 0 Å². The summed E-state index contributed by atoms with van der Waals surface area (Å²) in [5.41, 5.74) is -0.889. The van der Waals surface area contributed by atoms with Gasteiger partial charge < -0.3 is 5.32 Å². The summed E-state index contributed by atoms with van der Waals surface area (Å²) in [5, 5.41) is 6.37. The molecule has 1 aliphatic rings. The minimum atomic E-state index is -4.68.